The number of rotatable bonds is 7. The number of terminal acetylenes is 1. The van der Waals surface area contributed by atoms with Crippen LogP contribution in [0.3, 0.4) is 0 Å². The lowest BCUT2D eigenvalue weighted by atomic mass is 10.1. The lowest BCUT2D eigenvalue weighted by Crippen LogP contribution is -2.10. The molecule has 1 aromatic rings. The molecular weight excluding hydrogens is 320 g/mol. The first-order valence-electron chi connectivity index (χ1n) is 8.32. The smallest absolute Gasteiger partial charge is 0.330 e. The van der Waals surface area contributed by atoms with Gasteiger partial charge in [0.2, 0.25) is 0 Å². The van der Waals surface area contributed by atoms with Crippen LogP contribution >= 0.6 is 0 Å². The summed E-state index contributed by atoms with van der Waals surface area (Å²) in [6.07, 6.45) is 8.58. The van der Waals surface area contributed by atoms with Gasteiger partial charge in [0.25, 0.3) is 0 Å². The van der Waals surface area contributed by atoms with Gasteiger partial charge in [0.05, 0.1) is 18.4 Å². The SMILES string of the molecule is C#CCc1ccc(COC(=O)C2C(C=CC(=O)OC(C)C)C2(C)C)o1. The molecule has 2 rings (SSSR count). The summed E-state index contributed by atoms with van der Waals surface area (Å²) in [4.78, 5) is 23.9. The predicted octanol–water partition coefficient (Wildman–Crippen LogP) is 3.28. The normalized spacial score (nSPS) is 21.1. The van der Waals surface area contributed by atoms with E-state index in [-0.39, 0.29) is 35.9 Å². The Bertz CT molecular complexity index is 702. The van der Waals surface area contributed by atoms with Gasteiger partial charge in [-0.1, -0.05) is 25.8 Å². The van der Waals surface area contributed by atoms with Crippen LogP contribution in [0.5, 0.6) is 0 Å². The first kappa shape index (κ1) is 18.9. The van der Waals surface area contributed by atoms with E-state index in [1.54, 1.807) is 32.1 Å². The fourth-order valence-electron chi connectivity index (χ4n) is 2.87. The zero-order valence-electron chi connectivity index (χ0n) is 15.1. The van der Waals surface area contributed by atoms with E-state index < -0.39 is 5.97 Å². The van der Waals surface area contributed by atoms with E-state index in [2.05, 4.69) is 5.92 Å². The first-order chi connectivity index (χ1) is 11.8. The summed E-state index contributed by atoms with van der Waals surface area (Å²) >= 11 is 0. The van der Waals surface area contributed by atoms with Crippen LogP contribution in [0.1, 0.15) is 39.2 Å². The second-order valence-electron chi connectivity index (χ2n) is 7.03. The summed E-state index contributed by atoms with van der Waals surface area (Å²) in [5.74, 6) is 2.70. The predicted molar refractivity (Wildman–Crippen MR) is 92.2 cm³/mol. The summed E-state index contributed by atoms with van der Waals surface area (Å²) in [5.41, 5.74) is -0.247. The molecule has 0 bridgehead atoms. The zero-order valence-corrected chi connectivity index (χ0v) is 15.1. The van der Waals surface area contributed by atoms with Crippen LogP contribution in [-0.4, -0.2) is 18.0 Å². The van der Waals surface area contributed by atoms with Crippen molar-refractivity contribution in [3.8, 4) is 12.3 Å². The van der Waals surface area contributed by atoms with Gasteiger partial charge in [0.15, 0.2) is 0 Å². The lowest BCUT2D eigenvalue weighted by molar-refractivity contribution is -0.148. The molecule has 1 aliphatic carbocycles. The Morgan fingerprint density at radius 1 is 1.36 bits per heavy atom. The fourth-order valence-corrected chi connectivity index (χ4v) is 2.87. The molecule has 25 heavy (non-hydrogen) atoms. The molecule has 0 aromatic carbocycles. The van der Waals surface area contributed by atoms with Gasteiger partial charge in [-0.25, -0.2) is 4.79 Å². The van der Waals surface area contributed by atoms with E-state index in [4.69, 9.17) is 20.3 Å². The molecule has 1 fully saturated rings. The van der Waals surface area contributed by atoms with Crippen molar-refractivity contribution in [2.24, 2.45) is 17.3 Å². The minimum absolute atomic E-state index is 0.0479. The van der Waals surface area contributed by atoms with Crippen molar-refractivity contribution < 1.29 is 23.5 Å². The molecule has 1 aromatic heterocycles. The molecule has 5 heteroatoms. The Balaban J connectivity index is 1.87. The quantitative estimate of drug-likeness (QED) is 0.431. The minimum atomic E-state index is -0.401. The molecule has 1 heterocycles. The maximum atomic E-state index is 12.3. The highest BCUT2D eigenvalue weighted by molar-refractivity contribution is 5.83. The minimum Gasteiger partial charge on any atom is -0.461 e. The van der Waals surface area contributed by atoms with Crippen LogP contribution in [0.25, 0.3) is 0 Å². The van der Waals surface area contributed by atoms with Gasteiger partial charge in [-0.2, -0.15) is 0 Å². The van der Waals surface area contributed by atoms with Crippen LogP contribution in [0.2, 0.25) is 0 Å². The van der Waals surface area contributed by atoms with Gasteiger partial charge in [-0.05, 0) is 37.3 Å². The Hall–Kier alpha value is -2.48. The van der Waals surface area contributed by atoms with Gasteiger partial charge in [0, 0.05) is 6.08 Å². The van der Waals surface area contributed by atoms with E-state index >= 15 is 0 Å². The number of carbonyl (C=O) groups is 2. The van der Waals surface area contributed by atoms with Crippen molar-refractivity contribution in [3.63, 3.8) is 0 Å². The maximum Gasteiger partial charge on any atom is 0.330 e. The summed E-state index contributed by atoms with van der Waals surface area (Å²) in [6.45, 7) is 7.59. The number of allylic oxidation sites excluding steroid dienone is 1. The zero-order chi connectivity index (χ0) is 18.6. The molecule has 134 valence electrons. The molecule has 0 radical (unpaired) electrons. The number of ether oxygens (including phenoxy) is 2. The van der Waals surface area contributed by atoms with Crippen LogP contribution < -0.4 is 0 Å². The standard InChI is InChI=1S/C20H24O5/c1-6-7-14-8-9-15(25-14)12-23-19(22)18-16(20(18,4)5)10-11-17(21)24-13(2)3/h1,8-11,13,16,18H,7,12H2,2-5H3. The molecule has 1 saturated carbocycles. The van der Waals surface area contributed by atoms with Gasteiger partial charge in [-0.15, -0.1) is 6.42 Å². The van der Waals surface area contributed by atoms with Crippen molar-refractivity contribution in [1.29, 1.82) is 0 Å². The second kappa shape index (κ2) is 7.60. The topological polar surface area (TPSA) is 65.7 Å². The van der Waals surface area contributed by atoms with E-state index in [1.807, 2.05) is 13.8 Å². The monoisotopic (exact) mass is 344 g/mol. The molecule has 2 unspecified atom stereocenters. The van der Waals surface area contributed by atoms with Crippen molar-refractivity contribution in [2.75, 3.05) is 0 Å². The second-order valence-corrected chi connectivity index (χ2v) is 7.03. The van der Waals surface area contributed by atoms with Crippen LogP contribution in [-0.2, 0) is 32.1 Å². The van der Waals surface area contributed by atoms with Crippen LogP contribution in [0.4, 0.5) is 0 Å². The largest absolute Gasteiger partial charge is 0.461 e. The Labute approximate surface area is 148 Å². The number of hydrogen-bond acceptors (Lipinski definition) is 5. The Morgan fingerprint density at radius 3 is 2.68 bits per heavy atom. The third kappa shape index (κ3) is 4.76. The highest BCUT2D eigenvalue weighted by Gasteiger charge is 2.61. The lowest BCUT2D eigenvalue weighted by Gasteiger charge is -2.03. The summed E-state index contributed by atoms with van der Waals surface area (Å²) in [5, 5.41) is 0. The molecule has 2 atom stereocenters. The van der Waals surface area contributed by atoms with Gasteiger partial charge < -0.3 is 13.9 Å². The molecular formula is C20H24O5. The fraction of sp³-hybridized carbons (Fsp3) is 0.500. The Kier molecular flexibility index (Phi) is 5.73. The third-order valence-corrected chi connectivity index (χ3v) is 4.31. The molecule has 1 aliphatic rings. The molecule has 5 nitrogen and oxygen atoms in total. The molecule has 0 amide bonds. The Morgan fingerprint density at radius 2 is 2.04 bits per heavy atom. The van der Waals surface area contributed by atoms with Crippen molar-refractivity contribution in [3.05, 3.63) is 35.8 Å². The van der Waals surface area contributed by atoms with E-state index in [0.29, 0.717) is 17.9 Å². The van der Waals surface area contributed by atoms with Crippen molar-refractivity contribution in [2.45, 2.75) is 46.8 Å². The van der Waals surface area contributed by atoms with Crippen LogP contribution in [0, 0.1) is 29.6 Å². The highest BCUT2D eigenvalue weighted by atomic mass is 16.5. The third-order valence-electron chi connectivity index (χ3n) is 4.31. The molecule has 0 aliphatic heterocycles. The number of carbonyl (C=O) groups excluding carboxylic acids is 2. The van der Waals surface area contributed by atoms with E-state index in [9.17, 15) is 9.59 Å². The molecule has 0 saturated heterocycles. The molecule has 0 N–H and O–H groups in total. The van der Waals surface area contributed by atoms with Crippen LogP contribution in [0.15, 0.2) is 28.7 Å². The van der Waals surface area contributed by atoms with E-state index in [1.165, 1.54) is 6.08 Å². The van der Waals surface area contributed by atoms with Gasteiger partial charge in [-0.3, -0.25) is 4.79 Å². The average molecular weight is 344 g/mol. The molecule has 0 spiro atoms. The van der Waals surface area contributed by atoms with Gasteiger partial charge in [0.1, 0.15) is 18.1 Å². The number of esters is 2. The van der Waals surface area contributed by atoms with Gasteiger partial charge >= 0.3 is 11.9 Å². The van der Waals surface area contributed by atoms with E-state index in [0.717, 1.165) is 0 Å². The average Bonchev–Trinajstić information content (AvgIpc) is 2.85. The summed E-state index contributed by atoms with van der Waals surface area (Å²) in [7, 11) is 0. The first-order valence-corrected chi connectivity index (χ1v) is 8.32. The number of furan rings is 1. The van der Waals surface area contributed by atoms with Crippen molar-refractivity contribution in [1.82, 2.24) is 0 Å². The number of hydrogen-bond donors (Lipinski definition) is 0. The highest BCUT2D eigenvalue weighted by Crippen LogP contribution is 2.59. The summed E-state index contributed by atoms with van der Waals surface area (Å²) in [6, 6.07) is 3.52. The maximum absolute atomic E-state index is 12.3. The summed E-state index contributed by atoms with van der Waals surface area (Å²) < 4.78 is 15.9. The van der Waals surface area contributed by atoms with Crippen molar-refractivity contribution >= 4 is 11.9 Å².